The second kappa shape index (κ2) is 7.75. The van der Waals surface area contributed by atoms with Gasteiger partial charge in [0.15, 0.2) is 0 Å². The Morgan fingerprint density at radius 1 is 1.19 bits per heavy atom. The van der Waals surface area contributed by atoms with Crippen molar-refractivity contribution in [1.29, 1.82) is 0 Å². The van der Waals surface area contributed by atoms with Crippen LogP contribution in [0.1, 0.15) is 51.4 Å². The van der Waals surface area contributed by atoms with E-state index in [1.165, 1.54) is 0 Å². The van der Waals surface area contributed by atoms with Gasteiger partial charge in [-0.15, -0.1) is 0 Å². The van der Waals surface area contributed by atoms with Gasteiger partial charge in [0.2, 0.25) is 5.91 Å². The zero-order valence-electron chi connectivity index (χ0n) is 12.4. The minimum atomic E-state index is -1.06. The van der Waals surface area contributed by atoms with Gasteiger partial charge >= 0.3 is 5.97 Å². The average molecular weight is 299 g/mol. The lowest BCUT2D eigenvalue weighted by Crippen LogP contribution is -2.55. The highest BCUT2D eigenvalue weighted by Crippen LogP contribution is 2.28. The smallest absolute Gasteiger partial charge is 0.329 e. The van der Waals surface area contributed by atoms with Gasteiger partial charge in [-0.1, -0.05) is 19.3 Å². The summed E-state index contributed by atoms with van der Waals surface area (Å²) < 4.78 is 10.9. The molecule has 1 saturated heterocycles. The second-order valence-electron chi connectivity index (χ2n) is 5.93. The van der Waals surface area contributed by atoms with Crippen molar-refractivity contribution in [2.45, 2.75) is 63.0 Å². The predicted molar refractivity (Wildman–Crippen MR) is 76.0 cm³/mol. The quantitative estimate of drug-likeness (QED) is 0.776. The number of carboxylic acids is 1. The summed E-state index contributed by atoms with van der Waals surface area (Å²) in [4.78, 5) is 23.5. The number of carbonyl (C=O) groups is 2. The number of nitrogens with one attached hydrogen (secondary N) is 1. The van der Waals surface area contributed by atoms with E-state index in [0.29, 0.717) is 32.7 Å². The molecule has 0 aromatic heterocycles. The highest BCUT2D eigenvalue weighted by atomic mass is 16.5. The summed E-state index contributed by atoms with van der Waals surface area (Å²) in [6.07, 6.45) is 5.89. The molecule has 1 aliphatic heterocycles. The lowest BCUT2D eigenvalue weighted by molar-refractivity contribution is -0.149. The molecule has 2 aliphatic rings. The second-order valence-corrected chi connectivity index (χ2v) is 5.93. The van der Waals surface area contributed by atoms with Gasteiger partial charge in [0.1, 0.15) is 5.54 Å². The fraction of sp³-hybridized carbons (Fsp3) is 0.867. The number of aliphatic carboxylic acids is 1. The van der Waals surface area contributed by atoms with Gasteiger partial charge in [0.25, 0.3) is 0 Å². The molecule has 6 nitrogen and oxygen atoms in total. The monoisotopic (exact) mass is 299 g/mol. The van der Waals surface area contributed by atoms with Crippen LogP contribution in [0.15, 0.2) is 0 Å². The Morgan fingerprint density at radius 3 is 2.48 bits per heavy atom. The van der Waals surface area contributed by atoms with Gasteiger partial charge in [-0.2, -0.15) is 0 Å². The van der Waals surface area contributed by atoms with Gasteiger partial charge in [-0.3, -0.25) is 4.79 Å². The van der Waals surface area contributed by atoms with Crippen molar-refractivity contribution in [3.05, 3.63) is 0 Å². The van der Waals surface area contributed by atoms with Crippen LogP contribution < -0.4 is 5.32 Å². The summed E-state index contributed by atoms with van der Waals surface area (Å²) in [6, 6.07) is 0. The van der Waals surface area contributed by atoms with Crippen LogP contribution in [0.25, 0.3) is 0 Å². The van der Waals surface area contributed by atoms with Crippen molar-refractivity contribution in [2.75, 3.05) is 19.8 Å². The van der Waals surface area contributed by atoms with Gasteiger partial charge in [0, 0.05) is 19.6 Å². The molecule has 1 heterocycles. The molecule has 0 bridgehead atoms. The summed E-state index contributed by atoms with van der Waals surface area (Å²) >= 11 is 0. The molecule has 1 aliphatic carbocycles. The van der Waals surface area contributed by atoms with E-state index in [0.717, 1.165) is 32.1 Å². The predicted octanol–water partition coefficient (Wildman–Crippen LogP) is 1.48. The zero-order chi connectivity index (χ0) is 15.1. The fourth-order valence-electron chi connectivity index (χ4n) is 3.04. The topological polar surface area (TPSA) is 84.9 Å². The van der Waals surface area contributed by atoms with E-state index in [1.807, 2.05) is 0 Å². The van der Waals surface area contributed by atoms with Gasteiger partial charge < -0.3 is 19.9 Å². The molecule has 0 spiro atoms. The lowest BCUT2D eigenvalue weighted by atomic mass is 9.81. The summed E-state index contributed by atoms with van der Waals surface area (Å²) in [6.45, 7) is 1.75. The normalized spacial score (nSPS) is 22.7. The Bertz CT molecular complexity index is 359. The highest BCUT2D eigenvalue weighted by Gasteiger charge is 2.40. The standard InChI is InChI=1S/C15H25NO5/c17-13(6-11-21-12-4-9-20-10-5-12)16-15(14(18)19)7-2-1-3-8-15/h12H,1-11H2,(H,16,17)(H,18,19). The van der Waals surface area contributed by atoms with E-state index in [2.05, 4.69) is 5.32 Å². The molecule has 0 unspecified atom stereocenters. The first-order valence-corrected chi connectivity index (χ1v) is 7.86. The Hall–Kier alpha value is -1.14. The van der Waals surface area contributed by atoms with E-state index < -0.39 is 11.5 Å². The van der Waals surface area contributed by atoms with Crippen LogP contribution in [0.4, 0.5) is 0 Å². The molecule has 0 aromatic carbocycles. The van der Waals surface area contributed by atoms with Gasteiger partial charge in [-0.05, 0) is 25.7 Å². The first-order chi connectivity index (χ1) is 10.1. The summed E-state index contributed by atoms with van der Waals surface area (Å²) in [5, 5.41) is 12.1. The maximum Gasteiger partial charge on any atom is 0.329 e. The van der Waals surface area contributed by atoms with E-state index in [-0.39, 0.29) is 18.4 Å². The van der Waals surface area contributed by atoms with E-state index in [1.54, 1.807) is 0 Å². The summed E-state index contributed by atoms with van der Waals surface area (Å²) in [5.41, 5.74) is -1.06. The van der Waals surface area contributed by atoms with Gasteiger partial charge in [-0.25, -0.2) is 4.79 Å². The molecular weight excluding hydrogens is 274 g/mol. The van der Waals surface area contributed by atoms with Crippen LogP contribution in [0.2, 0.25) is 0 Å². The van der Waals surface area contributed by atoms with Crippen LogP contribution in [-0.4, -0.2) is 48.4 Å². The third-order valence-corrected chi connectivity index (χ3v) is 4.35. The Balaban J connectivity index is 1.73. The maximum absolute atomic E-state index is 12.0. The van der Waals surface area contributed by atoms with Crippen molar-refractivity contribution in [3.63, 3.8) is 0 Å². The number of rotatable bonds is 6. The maximum atomic E-state index is 12.0. The van der Waals surface area contributed by atoms with E-state index >= 15 is 0 Å². The van der Waals surface area contributed by atoms with Crippen LogP contribution in [-0.2, 0) is 19.1 Å². The molecule has 2 rings (SSSR count). The molecule has 21 heavy (non-hydrogen) atoms. The van der Waals surface area contributed by atoms with E-state index in [9.17, 15) is 14.7 Å². The molecule has 2 N–H and O–H groups in total. The highest BCUT2D eigenvalue weighted by molar-refractivity contribution is 5.87. The first kappa shape index (κ1) is 16.2. The van der Waals surface area contributed by atoms with Crippen molar-refractivity contribution in [1.82, 2.24) is 5.32 Å². The molecule has 0 atom stereocenters. The SMILES string of the molecule is O=C(CCOC1CCOCC1)NC1(C(=O)O)CCCCC1. The number of carbonyl (C=O) groups excluding carboxylic acids is 1. The van der Waals surface area contributed by atoms with Crippen LogP contribution in [0.3, 0.4) is 0 Å². The number of hydrogen-bond acceptors (Lipinski definition) is 4. The third-order valence-electron chi connectivity index (χ3n) is 4.35. The van der Waals surface area contributed by atoms with Gasteiger partial charge in [0.05, 0.1) is 12.7 Å². The van der Waals surface area contributed by atoms with Crippen LogP contribution in [0.5, 0.6) is 0 Å². The molecule has 0 radical (unpaired) electrons. The fourth-order valence-corrected chi connectivity index (χ4v) is 3.04. The Morgan fingerprint density at radius 2 is 1.86 bits per heavy atom. The van der Waals surface area contributed by atoms with Crippen molar-refractivity contribution >= 4 is 11.9 Å². The molecule has 6 heteroatoms. The largest absolute Gasteiger partial charge is 0.480 e. The lowest BCUT2D eigenvalue weighted by Gasteiger charge is -2.34. The first-order valence-electron chi connectivity index (χ1n) is 7.86. The van der Waals surface area contributed by atoms with Crippen LogP contribution in [0, 0.1) is 0 Å². The van der Waals surface area contributed by atoms with Crippen molar-refractivity contribution in [2.24, 2.45) is 0 Å². The molecule has 1 saturated carbocycles. The summed E-state index contributed by atoms with van der Waals surface area (Å²) in [5.74, 6) is -1.15. The Labute approximate surface area is 125 Å². The number of ether oxygens (including phenoxy) is 2. The Kier molecular flexibility index (Phi) is 5.99. The van der Waals surface area contributed by atoms with Crippen LogP contribution >= 0.6 is 0 Å². The minimum Gasteiger partial charge on any atom is -0.480 e. The molecule has 1 amide bonds. The minimum absolute atomic E-state index is 0.162. The third kappa shape index (κ3) is 4.68. The summed E-state index contributed by atoms with van der Waals surface area (Å²) in [7, 11) is 0. The number of hydrogen-bond donors (Lipinski definition) is 2. The molecule has 2 fully saturated rings. The van der Waals surface area contributed by atoms with E-state index in [4.69, 9.17) is 9.47 Å². The molecule has 0 aromatic rings. The van der Waals surface area contributed by atoms with Crippen molar-refractivity contribution in [3.8, 4) is 0 Å². The average Bonchev–Trinajstić information content (AvgIpc) is 2.49. The zero-order valence-corrected chi connectivity index (χ0v) is 12.4. The number of carboxylic acid groups (broad SMARTS) is 1. The molecular formula is C15H25NO5. The molecule has 120 valence electrons. The number of amides is 1. The van der Waals surface area contributed by atoms with Crippen molar-refractivity contribution < 1.29 is 24.2 Å².